The van der Waals surface area contributed by atoms with Crippen molar-refractivity contribution < 1.29 is 4.79 Å². The smallest absolute Gasteiger partial charge is 0.269 e. The number of aromatic nitrogens is 1. The molecule has 0 saturated heterocycles. The number of aryl methyl sites for hydroxylation is 1. The first-order chi connectivity index (χ1) is 10.0. The summed E-state index contributed by atoms with van der Waals surface area (Å²) in [5.74, 6) is -0.318. The van der Waals surface area contributed by atoms with Crippen molar-refractivity contribution in [3.8, 4) is 0 Å². The van der Waals surface area contributed by atoms with Crippen molar-refractivity contribution in [2.45, 2.75) is 6.54 Å². The highest BCUT2D eigenvalue weighted by Crippen LogP contribution is 2.12. The molecule has 1 amide bonds. The SMILES string of the molecule is [C-]#[N+]c1ccc(CNC(=O)c2cc(Cl)c(=O)n(C)c2)cc1. The summed E-state index contributed by atoms with van der Waals surface area (Å²) in [7, 11) is 1.54. The van der Waals surface area contributed by atoms with E-state index >= 15 is 0 Å². The number of amides is 1. The van der Waals surface area contributed by atoms with Crippen molar-refractivity contribution >= 4 is 23.2 Å². The largest absolute Gasteiger partial charge is 0.348 e. The molecule has 1 heterocycles. The van der Waals surface area contributed by atoms with Crippen LogP contribution in [0.3, 0.4) is 0 Å². The van der Waals surface area contributed by atoms with E-state index in [2.05, 4.69) is 10.2 Å². The molecule has 21 heavy (non-hydrogen) atoms. The summed E-state index contributed by atoms with van der Waals surface area (Å²) in [4.78, 5) is 26.8. The van der Waals surface area contributed by atoms with E-state index in [-0.39, 0.29) is 16.5 Å². The molecule has 0 bridgehead atoms. The topological polar surface area (TPSA) is 55.5 Å². The molecule has 1 aromatic carbocycles. The number of carbonyl (C=O) groups excluding carboxylic acids is 1. The van der Waals surface area contributed by atoms with Crippen LogP contribution >= 0.6 is 11.6 Å². The average molecular weight is 302 g/mol. The maximum Gasteiger partial charge on any atom is 0.269 e. The minimum absolute atomic E-state index is 0.00607. The fourth-order valence-corrected chi connectivity index (χ4v) is 2.02. The molecule has 1 aromatic heterocycles. The maximum absolute atomic E-state index is 12.0. The van der Waals surface area contributed by atoms with Gasteiger partial charge in [0.15, 0.2) is 5.69 Å². The molecule has 0 atom stereocenters. The molecule has 0 aliphatic carbocycles. The lowest BCUT2D eigenvalue weighted by Gasteiger charge is -2.07. The highest BCUT2D eigenvalue weighted by molar-refractivity contribution is 6.30. The van der Waals surface area contributed by atoms with Crippen LogP contribution in [0.2, 0.25) is 5.02 Å². The molecule has 0 unspecified atom stereocenters. The van der Waals surface area contributed by atoms with Gasteiger partial charge in [0.2, 0.25) is 0 Å². The Morgan fingerprint density at radius 2 is 2.05 bits per heavy atom. The Hall–Kier alpha value is -2.58. The quantitative estimate of drug-likeness (QED) is 0.886. The molecule has 2 aromatic rings. The number of hydrogen-bond acceptors (Lipinski definition) is 2. The van der Waals surface area contributed by atoms with E-state index in [4.69, 9.17) is 18.2 Å². The van der Waals surface area contributed by atoms with E-state index in [0.29, 0.717) is 17.8 Å². The third kappa shape index (κ3) is 3.50. The molecule has 5 nitrogen and oxygen atoms in total. The average Bonchev–Trinajstić information content (AvgIpc) is 2.50. The second-order valence-corrected chi connectivity index (χ2v) is 4.86. The summed E-state index contributed by atoms with van der Waals surface area (Å²) in [5.41, 5.74) is 1.41. The monoisotopic (exact) mass is 301 g/mol. The Kier molecular flexibility index (Phi) is 4.41. The number of nitrogens with zero attached hydrogens (tertiary/aromatic N) is 2. The first-order valence-electron chi connectivity index (χ1n) is 6.12. The zero-order valence-electron chi connectivity index (χ0n) is 11.3. The number of halogens is 1. The second-order valence-electron chi connectivity index (χ2n) is 4.45. The zero-order valence-corrected chi connectivity index (χ0v) is 12.0. The van der Waals surface area contributed by atoms with Crippen molar-refractivity contribution in [1.29, 1.82) is 0 Å². The van der Waals surface area contributed by atoms with Gasteiger partial charge in [-0.05, 0) is 11.6 Å². The molecule has 0 spiro atoms. The van der Waals surface area contributed by atoms with E-state index in [1.807, 2.05) is 0 Å². The minimum Gasteiger partial charge on any atom is -0.348 e. The molecule has 1 N–H and O–H groups in total. The van der Waals surface area contributed by atoms with Crippen LogP contribution in [0.15, 0.2) is 41.3 Å². The lowest BCUT2D eigenvalue weighted by molar-refractivity contribution is 0.0950. The molecular formula is C15H12ClN3O2. The molecular weight excluding hydrogens is 290 g/mol. The second kappa shape index (κ2) is 6.25. The van der Waals surface area contributed by atoms with E-state index in [9.17, 15) is 9.59 Å². The van der Waals surface area contributed by atoms with Crippen molar-refractivity contribution in [2.75, 3.05) is 0 Å². The Morgan fingerprint density at radius 1 is 1.38 bits per heavy atom. The van der Waals surface area contributed by atoms with E-state index in [1.165, 1.54) is 23.9 Å². The molecule has 0 fully saturated rings. The summed E-state index contributed by atoms with van der Waals surface area (Å²) in [6, 6.07) is 8.29. The number of carbonyl (C=O) groups is 1. The predicted octanol–water partition coefficient (Wildman–Crippen LogP) is 2.52. The van der Waals surface area contributed by atoms with Gasteiger partial charge in [0.25, 0.3) is 11.5 Å². The van der Waals surface area contributed by atoms with Crippen molar-refractivity contribution in [1.82, 2.24) is 9.88 Å². The van der Waals surface area contributed by atoms with Gasteiger partial charge in [-0.2, -0.15) is 0 Å². The van der Waals surface area contributed by atoms with Crippen molar-refractivity contribution in [2.24, 2.45) is 7.05 Å². The normalized spacial score (nSPS) is 9.95. The highest BCUT2D eigenvalue weighted by atomic mass is 35.5. The Morgan fingerprint density at radius 3 is 2.62 bits per heavy atom. The van der Waals surface area contributed by atoms with Gasteiger partial charge in [0.1, 0.15) is 5.02 Å². The van der Waals surface area contributed by atoms with Crippen LogP contribution in [0.4, 0.5) is 5.69 Å². The van der Waals surface area contributed by atoms with Crippen LogP contribution < -0.4 is 10.9 Å². The third-order valence-corrected chi connectivity index (χ3v) is 3.19. The summed E-state index contributed by atoms with van der Waals surface area (Å²) in [6.07, 6.45) is 1.44. The molecule has 0 aliphatic rings. The number of benzene rings is 1. The number of hydrogen-bond donors (Lipinski definition) is 1. The maximum atomic E-state index is 12.0. The number of pyridine rings is 1. The fraction of sp³-hybridized carbons (Fsp3) is 0.133. The molecule has 2 rings (SSSR count). The van der Waals surface area contributed by atoms with Crippen LogP contribution in [-0.2, 0) is 13.6 Å². The summed E-state index contributed by atoms with van der Waals surface area (Å²) < 4.78 is 1.27. The standard InChI is InChI=1S/C15H12ClN3O2/c1-17-12-5-3-10(4-6-12)8-18-14(20)11-7-13(16)15(21)19(2)9-11/h3-7,9H,8H2,2H3,(H,18,20). The van der Waals surface area contributed by atoms with Gasteiger partial charge >= 0.3 is 0 Å². The summed E-state index contributed by atoms with van der Waals surface area (Å²) in [6.45, 7) is 7.20. The zero-order chi connectivity index (χ0) is 15.4. The Labute approximate surface area is 126 Å². The van der Waals surface area contributed by atoms with E-state index in [1.54, 1.807) is 24.3 Å². The lowest BCUT2D eigenvalue weighted by Crippen LogP contribution is -2.26. The Balaban J connectivity index is 2.08. The van der Waals surface area contributed by atoms with Crippen LogP contribution in [0.1, 0.15) is 15.9 Å². The molecule has 0 radical (unpaired) electrons. The third-order valence-electron chi connectivity index (χ3n) is 2.92. The fourth-order valence-electron chi connectivity index (χ4n) is 1.77. The lowest BCUT2D eigenvalue weighted by atomic mass is 10.2. The van der Waals surface area contributed by atoms with Gasteiger partial charge in [-0.1, -0.05) is 35.9 Å². The van der Waals surface area contributed by atoms with Gasteiger partial charge in [0, 0.05) is 19.8 Å². The van der Waals surface area contributed by atoms with E-state index < -0.39 is 0 Å². The molecule has 106 valence electrons. The predicted molar refractivity (Wildman–Crippen MR) is 80.6 cm³/mol. The summed E-state index contributed by atoms with van der Waals surface area (Å²) >= 11 is 5.77. The van der Waals surface area contributed by atoms with Crippen molar-refractivity contribution in [3.05, 3.63) is 74.4 Å². The van der Waals surface area contributed by atoms with Crippen LogP contribution in [0.25, 0.3) is 4.85 Å². The van der Waals surface area contributed by atoms with Crippen molar-refractivity contribution in [3.63, 3.8) is 0 Å². The van der Waals surface area contributed by atoms with Gasteiger partial charge < -0.3 is 9.88 Å². The minimum atomic E-state index is -0.344. The van der Waals surface area contributed by atoms with Crippen LogP contribution in [-0.4, -0.2) is 10.5 Å². The molecule has 0 saturated carbocycles. The van der Waals surface area contributed by atoms with Gasteiger partial charge in [0.05, 0.1) is 12.1 Å². The molecule has 0 aliphatic heterocycles. The van der Waals surface area contributed by atoms with Crippen LogP contribution in [0, 0.1) is 6.57 Å². The number of rotatable bonds is 3. The van der Waals surface area contributed by atoms with Gasteiger partial charge in [-0.3, -0.25) is 9.59 Å². The van der Waals surface area contributed by atoms with Crippen LogP contribution in [0.5, 0.6) is 0 Å². The van der Waals surface area contributed by atoms with E-state index in [0.717, 1.165) is 5.56 Å². The Bertz CT molecular complexity index is 747. The first kappa shape index (κ1) is 14.8. The number of nitrogens with one attached hydrogen (secondary N) is 1. The first-order valence-corrected chi connectivity index (χ1v) is 6.50. The van der Waals surface area contributed by atoms with Gasteiger partial charge in [-0.25, -0.2) is 4.85 Å². The van der Waals surface area contributed by atoms with Gasteiger partial charge in [-0.15, -0.1) is 0 Å². The highest BCUT2D eigenvalue weighted by Gasteiger charge is 2.09. The molecule has 6 heteroatoms. The summed E-state index contributed by atoms with van der Waals surface area (Å²) in [5, 5.41) is 2.74.